The molecule has 4 nitrogen and oxygen atoms in total. The number of ether oxygens (including phenoxy) is 2. The third kappa shape index (κ3) is 5.81. The van der Waals surface area contributed by atoms with Crippen molar-refractivity contribution in [2.45, 2.75) is 19.3 Å². The molecule has 0 saturated carbocycles. The van der Waals surface area contributed by atoms with Gasteiger partial charge in [-0.2, -0.15) is 0 Å². The number of carbonyl (C=O) groups is 1. The topological polar surface area (TPSA) is 47.6 Å². The quantitative estimate of drug-likeness (QED) is 0.454. The Hall–Kier alpha value is -1.92. The molecule has 1 N–H and O–H groups in total. The van der Waals surface area contributed by atoms with E-state index < -0.39 is 0 Å². The second-order valence-electron chi connectivity index (χ2n) is 5.83. The number of halogens is 2. The Balaban J connectivity index is 1.74. The number of hydrogen-bond donors (Lipinski definition) is 1. The number of hydrogen-bond acceptors (Lipinski definition) is 4. The van der Waals surface area contributed by atoms with Gasteiger partial charge in [0.05, 0.1) is 18.7 Å². The van der Waals surface area contributed by atoms with Crippen LogP contribution in [0, 0.1) is 5.82 Å². The average molecular weight is 424 g/mol. The first-order valence-electron chi connectivity index (χ1n) is 8.45. The molecule has 0 heterocycles. The number of ketones is 1. The lowest BCUT2D eigenvalue weighted by Crippen LogP contribution is -2.19. The van der Waals surface area contributed by atoms with Crippen LogP contribution >= 0.6 is 15.9 Å². The Kier molecular flexibility index (Phi) is 8.06. The van der Waals surface area contributed by atoms with Crippen molar-refractivity contribution in [1.29, 1.82) is 0 Å². The zero-order valence-corrected chi connectivity index (χ0v) is 16.6. The normalized spacial score (nSPS) is 10.6. The van der Waals surface area contributed by atoms with Crippen LogP contribution in [0.2, 0.25) is 0 Å². The molecule has 2 aromatic rings. The standard InChI is InChI=1S/C20H23BrFNO3/c1-25-19-13-17(21)20(26-2)12-15(19)9-11-23-10-3-4-18(24)14-5-7-16(22)8-6-14/h5-8,12-13,23H,3-4,9-11H2,1-2H3. The van der Waals surface area contributed by atoms with E-state index in [2.05, 4.69) is 21.2 Å². The second-order valence-corrected chi connectivity index (χ2v) is 6.69. The van der Waals surface area contributed by atoms with Crippen LogP contribution in [-0.4, -0.2) is 33.1 Å². The Morgan fingerprint density at radius 3 is 2.42 bits per heavy atom. The van der Waals surface area contributed by atoms with Crippen LogP contribution in [0.5, 0.6) is 11.5 Å². The van der Waals surface area contributed by atoms with Crippen LogP contribution < -0.4 is 14.8 Å². The molecule has 0 aliphatic rings. The van der Waals surface area contributed by atoms with Gasteiger partial charge >= 0.3 is 0 Å². The van der Waals surface area contributed by atoms with Gasteiger partial charge in [-0.3, -0.25) is 4.79 Å². The lowest BCUT2D eigenvalue weighted by molar-refractivity contribution is 0.0980. The van der Waals surface area contributed by atoms with Crippen molar-refractivity contribution in [3.63, 3.8) is 0 Å². The smallest absolute Gasteiger partial charge is 0.162 e. The lowest BCUT2D eigenvalue weighted by atomic mass is 10.1. The van der Waals surface area contributed by atoms with Gasteiger partial charge in [-0.05, 0) is 83.8 Å². The molecule has 0 aromatic heterocycles. The van der Waals surface area contributed by atoms with Gasteiger partial charge in [-0.1, -0.05) is 0 Å². The SMILES string of the molecule is COc1cc(CCNCCCC(=O)c2ccc(F)cc2)c(OC)cc1Br. The summed E-state index contributed by atoms with van der Waals surface area (Å²) in [7, 11) is 3.28. The number of Topliss-reactive ketones (excluding diaryl/α,β-unsaturated/α-hetero) is 1. The van der Waals surface area contributed by atoms with Crippen molar-refractivity contribution in [1.82, 2.24) is 5.32 Å². The fourth-order valence-electron chi connectivity index (χ4n) is 2.62. The molecule has 0 fully saturated rings. The fourth-order valence-corrected chi connectivity index (χ4v) is 3.11. The molecular weight excluding hydrogens is 401 g/mol. The predicted molar refractivity (Wildman–Crippen MR) is 104 cm³/mol. The van der Waals surface area contributed by atoms with E-state index in [-0.39, 0.29) is 11.6 Å². The summed E-state index contributed by atoms with van der Waals surface area (Å²) in [5, 5.41) is 3.33. The Labute approximate surface area is 161 Å². The summed E-state index contributed by atoms with van der Waals surface area (Å²) in [6, 6.07) is 9.53. The number of nitrogens with one attached hydrogen (secondary N) is 1. The molecular formula is C20H23BrFNO3. The van der Waals surface area contributed by atoms with E-state index >= 15 is 0 Å². The van der Waals surface area contributed by atoms with E-state index in [0.29, 0.717) is 12.0 Å². The molecule has 26 heavy (non-hydrogen) atoms. The third-order valence-electron chi connectivity index (χ3n) is 4.05. The summed E-state index contributed by atoms with van der Waals surface area (Å²) in [5.74, 6) is 1.28. The lowest BCUT2D eigenvalue weighted by Gasteiger charge is -2.12. The summed E-state index contributed by atoms with van der Waals surface area (Å²) in [4.78, 5) is 12.0. The molecule has 0 saturated heterocycles. The van der Waals surface area contributed by atoms with Gasteiger partial charge in [0.1, 0.15) is 17.3 Å². The molecule has 2 aromatic carbocycles. The Morgan fingerprint density at radius 2 is 1.77 bits per heavy atom. The predicted octanol–water partition coefficient (Wildman–Crippen LogP) is 4.40. The molecule has 0 aliphatic heterocycles. The molecule has 2 rings (SSSR count). The molecule has 0 aliphatic carbocycles. The first-order chi connectivity index (χ1) is 12.5. The molecule has 0 atom stereocenters. The van der Waals surface area contributed by atoms with E-state index in [4.69, 9.17) is 9.47 Å². The van der Waals surface area contributed by atoms with Crippen molar-refractivity contribution in [2.75, 3.05) is 27.3 Å². The molecule has 0 radical (unpaired) electrons. The number of methoxy groups -OCH3 is 2. The van der Waals surface area contributed by atoms with Crippen molar-refractivity contribution >= 4 is 21.7 Å². The van der Waals surface area contributed by atoms with Crippen molar-refractivity contribution in [2.24, 2.45) is 0 Å². The Bertz CT molecular complexity index is 735. The van der Waals surface area contributed by atoms with Crippen LogP contribution in [0.15, 0.2) is 40.9 Å². The van der Waals surface area contributed by atoms with Crippen molar-refractivity contribution < 1.29 is 18.7 Å². The largest absolute Gasteiger partial charge is 0.496 e. The second kappa shape index (κ2) is 10.3. The highest BCUT2D eigenvalue weighted by Gasteiger charge is 2.09. The fraction of sp³-hybridized carbons (Fsp3) is 0.350. The average Bonchev–Trinajstić information content (AvgIpc) is 2.65. The van der Waals surface area contributed by atoms with E-state index in [9.17, 15) is 9.18 Å². The van der Waals surface area contributed by atoms with Crippen molar-refractivity contribution in [3.05, 3.63) is 57.8 Å². The van der Waals surface area contributed by atoms with Crippen LogP contribution in [0.1, 0.15) is 28.8 Å². The number of benzene rings is 2. The van der Waals surface area contributed by atoms with Crippen LogP contribution in [0.3, 0.4) is 0 Å². The molecule has 6 heteroatoms. The summed E-state index contributed by atoms with van der Waals surface area (Å²) < 4.78 is 24.4. The minimum Gasteiger partial charge on any atom is -0.496 e. The monoisotopic (exact) mass is 423 g/mol. The summed E-state index contributed by atoms with van der Waals surface area (Å²) >= 11 is 3.45. The van der Waals surface area contributed by atoms with Crippen LogP contribution in [0.25, 0.3) is 0 Å². The molecule has 0 bridgehead atoms. The molecule has 0 spiro atoms. The minimum atomic E-state index is -0.330. The van der Waals surface area contributed by atoms with Gasteiger partial charge in [-0.25, -0.2) is 4.39 Å². The summed E-state index contributed by atoms with van der Waals surface area (Å²) in [5.41, 5.74) is 1.61. The van der Waals surface area contributed by atoms with Gasteiger partial charge in [0, 0.05) is 12.0 Å². The van der Waals surface area contributed by atoms with Crippen LogP contribution in [0.4, 0.5) is 4.39 Å². The number of rotatable bonds is 10. The van der Waals surface area contributed by atoms with E-state index in [1.54, 1.807) is 14.2 Å². The van der Waals surface area contributed by atoms with Gasteiger partial charge < -0.3 is 14.8 Å². The number of carbonyl (C=O) groups excluding carboxylic acids is 1. The van der Waals surface area contributed by atoms with Gasteiger partial charge in [-0.15, -0.1) is 0 Å². The van der Waals surface area contributed by atoms with Gasteiger partial charge in [0.25, 0.3) is 0 Å². The summed E-state index contributed by atoms with van der Waals surface area (Å²) in [6.07, 6.45) is 1.96. The van der Waals surface area contributed by atoms with E-state index in [1.165, 1.54) is 24.3 Å². The maximum atomic E-state index is 12.9. The third-order valence-corrected chi connectivity index (χ3v) is 4.67. The zero-order valence-electron chi connectivity index (χ0n) is 15.0. The maximum absolute atomic E-state index is 12.9. The highest BCUT2D eigenvalue weighted by atomic mass is 79.9. The maximum Gasteiger partial charge on any atom is 0.162 e. The molecule has 0 unspecified atom stereocenters. The minimum absolute atomic E-state index is 0.0334. The molecule has 140 valence electrons. The first kappa shape index (κ1) is 20.4. The van der Waals surface area contributed by atoms with Crippen LogP contribution in [-0.2, 0) is 6.42 Å². The first-order valence-corrected chi connectivity index (χ1v) is 9.24. The van der Waals surface area contributed by atoms with Crippen molar-refractivity contribution in [3.8, 4) is 11.5 Å². The van der Waals surface area contributed by atoms with E-state index in [0.717, 1.165) is 47.5 Å². The summed E-state index contributed by atoms with van der Waals surface area (Å²) in [6.45, 7) is 1.51. The van der Waals surface area contributed by atoms with Gasteiger partial charge in [0.2, 0.25) is 0 Å². The van der Waals surface area contributed by atoms with Gasteiger partial charge in [0.15, 0.2) is 5.78 Å². The highest BCUT2D eigenvalue weighted by Crippen LogP contribution is 2.32. The Morgan fingerprint density at radius 1 is 1.08 bits per heavy atom. The van der Waals surface area contributed by atoms with E-state index in [1.807, 2.05) is 12.1 Å². The highest BCUT2D eigenvalue weighted by molar-refractivity contribution is 9.10. The molecule has 0 amide bonds. The zero-order chi connectivity index (χ0) is 18.9.